The number of nitrogens with two attached hydrogens (primary N) is 2. The highest BCUT2D eigenvalue weighted by atomic mass is 16.4. The lowest BCUT2D eigenvalue weighted by atomic mass is 10.0. The third-order valence-electron chi connectivity index (χ3n) is 7.73. The minimum absolute atomic E-state index is 0.00764. The Bertz CT molecular complexity index is 1700. The van der Waals surface area contributed by atoms with Crippen molar-refractivity contribution in [3.63, 3.8) is 0 Å². The highest BCUT2D eigenvalue weighted by Gasteiger charge is 2.31. The summed E-state index contributed by atoms with van der Waals surface area (Å²) in [5.74, 6) is -6.39. The van der Waals surface area contributed by atoms with Crippen molar-refractivity contribution in [2.75, 3.05) is 6.61 Å². The Morgan fingerprint density at radius 2 is 1.24 bits per heavy atom. The number of aliphatic hydroxyl groups is 1. The van der Waals surface area contributed by atoms with Crippen LogP contribution in [0.2, 0.25) is 0 Å². The Labute approximate surface area is 286 Å². The van der Waals surface area contributed by atoms with Gasteiger partial charge < -0.3 is 53.2 Å². The molecule has 0 radical (unpaired) electrons. The number of carboxylic acid groups (broad SMARTS) is 1. The van der Waals surface area contributed by atoms with Crippen LogP contribution in [0.5, 0.6) is 0 Å². The molecule has 0 saturated carbocycles. The van der Waals surface area contributed by atoms with E-state index >= 15 is 0 Å². The second kappa shape index (κ2) is 18.1. The number of aromatic nitrogens is 1. The van der Waals surface area contributed by atoms with Gasteiger partial charge in [-0.15, -0.1) is 0 Å². The van der Waals surface area contributed by atoms with Gasteiger partial charge in [-0.05, 0) is 31.0 Å². The van der Waals surface area contributed by atoms with E-state index in [1.54, 1.807) is 36.5 Å². The average Bonchev–Trinajstić information content (AvgIpc) is 3.48. The van der Waals surface area contributed by atoms with Gasteiger partial charge >= 0.3 is 5.97 Å². The van der Waals surface area contributed by atoms with Gasteiger partial charge in [-0.2, -0.15) is 0 Å². The molecule has 0 unspecified atom stereocenters. The summed E-state index contributed by atoms with van der Waals surface area (Å²) in [6.07, 6.45) is 0.933. The summed E-state index contributed by atoms with van der Waals surface area (Å²) in [4.78, 5) is 91.1. The molecular formula is C33H42N8O9. The van der Waals surface area contributed by atoms with Gasteiger partial charge in [0.15, 0.2) is 0 Å². The molecule has 3 rings (SSSR count). The van der Waals surface area contributed by atoms with Gasteiger partial charge in [0.2, 0.25) is 35.4 Å². The molecule has 0 fully saturated rings. The number of fused-ring (bicyclic) bond motifs is 1. The van der Waals surface area contributed by atoms with E-state index in [4.69, 9.17) is 16.6 Å². The third-order valence-corrected chi connectivity index (χ3v) is 7.73. The molecule has 17 heteroatoms. The van der Waals surface area contributed by atoms with Crippen LogP contribution < -0.4 is 38.1 Å². The lowest BCUT2D eigenvalue weighted by molar-refractivity contribution is -0.140. The summed E-state index contributed by atoms with van der Waals surface area (Å²) in [5, 5.41) is 31.9. The number of para-hydroxylation sites is 1. The first-order chi connectivity index (χ1) is 23.7. The molecule has 3 aromatic rings. The van der Waals surface area contributed by atoms with Gasteiger partial charge in [-0.25, -0.2) is 0 Å². The number of aliphatic hydroxyl groups excluding tert-OH is 1. The van der Waals surface area contributed by atoms with E-state index in [1.807, 2.05) is 24.3 Å². The van der Waals surface area contributed by atoms with E-state index in [0.717, 1.165) is 10.9 Å². The van der Waals surface area contributed by atoms with Gasteiger partial charge in [-0.1, -0.05) is 48.5 Å². The first-order valence-corrected chi connectivity index (χ1v) is 15.7. The van der Waals surface area contributed by atoms with Crippen LogP contribution in [0.1, 0.15) is 31.4 Å². The van der Waals surface area contributed by atoms with E-state index in [-0.39, 0.29) is 12.8 Å². The molecule has 0 aliphatic heterocycles. The Balaban J connectivity index is 1.71. The molecule has 268 valence electrons. The van der Waals surface area contributed by atoms with Crippen molar-refractivity contribution >= 4 is 52.3 Å². The lowest BCUT2D eigenvalue weighted by Crippen LogP contribution is -2.60. The number of carboxylic acids is 1. The molecule has 0 aliphatic rings. The Hall–Kier alpha value is -5.81. The number of carbonyl (C=O) groups excluding carboxylic acids is 6. The topological polar surface area (TPSA) is 288 Å². The highest BCUT2D eigenvalue weighted by molar-refractivity contribution is 5.97. The van der Waals surface area contributed by atoms with E-state index in [0.29, 0.717) is 11.1 Å². The van der Waals surface area contributed by atoms with E-state index in [9.17, 15) is 38.7 Å². The smallest absolute Gasteiger partial charge is 0.305 e. The Kier molecular flexibility index (Phi) is 14.0. The summed E-state index contributed by atoms with van der Waals surface area (Å²) >= 11 is 0. The molecule has 0 bridgehead atoms. The van der Waals surface area contributed by atoms with E-state index in [1.165, 1.54) is 13.8 Å². The van der Waals surface area contributed by atoms with Crippen molar-refractivity contribution in [2.24, 2.45) is 11.5 Å². The maximum Gasteiger partial charge on any atom is 0.305 e. The van der Waals surface area contributed by atoms with Crippen LogP contribution in [-0.2, 0) is 46.4 Å². The van der Waals surface area contributed by atoms with E-state index < -0.39 is 90.7 Å². The normalized spacial score (nSPS) is 14.6. The van der Waals surface area contributed by atoms with Gasteiger partial charge in [0.25, 0.3) is 0 Å². The number of H-pyrrole nitrogens is 1. The van der Waals surface area contributed by atoms with Crippen LogP contribution in [0, 0.1) is 0 Å². The number of benzene rings is 2. The van der Waals surface area contributed by atoms with Gasteiger partial charge in [-0.3, -0.25) is 33.6 Å². The number of hydrogen-bond donors (Lipinski definition) is 10. The largest absolute Gasteiger partial charge is 0.481 e. The predicted molar refractivity (Wildman–Crippen MR) is 180 cm³/mol. The molecule has 2 aromatic carbocycles. The summed E-state index contributed by atoms with van der Waals surface area (Å²) in [5.41, 5.74) is 13.1. The number of hydrogen-bond acceptors (Lipinski definition) is 9. The standard InChI is InChI=1S/C33H42N8O9/c1-17(28(35)45)37-31(48)25(13-20-15-36-23-11-7-6-10-21(20)23)39-29(46)18(2)38-33(50)26(16-42)41-32(49)24(12-19-8-4-3-5-9-19)40-30(47)22(34)14-27(43)44/h3-11,15,17-18,22,24-26,36,42H,12-14,16,34H2,1-2H3,(H2,35,45)(H,37,48)(H,38,50)(H,39,46)(H,40,47)(H,41,49)(H,43,44)/t17-,18-,22-,24-,25-,26-/m0/s1. The quantitative estimate of drug-likeness (QED) is 0.0679. The second-order valence-electron chi connectivity index (χ2n) is 11.7. The van der Waals surface area contributed by atoms with Crippen molar-refractivity contribution in [3.8, 4) is 0 Å². The van der Waals surface area contributed by atoms with Gasteiger partial charge in [0.05, 0.1) is 19.1 Å². The zero-order valence-corrected chi connectivity index (χ0v) is 27.5. The fourth-order valence-electron chi connectivity index (χ4n) is 4.88. The molecule has 0 spiro atoms. The number of nitrogens with one attached hydrogen (secondary N) is 6. The fourth-order valence-corrected chi connectivity index (χ4v) is 4.88. The van der Waals surface area contributed by atoms with Crippen LogP contribution >= 0.6 is 0 Å². The predicted octanol–water partition coefficient (Wildman–Crippen LogP) is -2.30. The number of aromatic amines is 1. The molecule has 50 heavy (non-hydrogen) atoms. The maximum absolute atomic E-state index is 13.3. The zero-order chi connectivity index (χ0) is 37.0. The highest BCUT2D eigenvalue weighted by Crippen LogP contribution is 2.19. The number of rotatable bonds is 18. The molecule has 6 atom stereocenters. The number of carbonyl (C=O) groups is 7. The summed E-state index contributed by atoms with van der Waals surface area (Å²) < 4.78 is 0. The minimum atomic E-state index is -1.58. The van der Waals surface area contributed by atoms with E-state index in [2.05, 4.69) is 31.6 Å². The van der Waals surface area contributed by atoms with Crippen molar-refractivity contribution in [2.45, 2.75) is 69.4 Å². The van der Waals surface area contributed by atoms with Crippen molar-refractivity contribution < 1.29 is 43.8 Å². The molecule has 17 nitrogen and oxygen atoms in total. The minimum Gasteiger partial charge on any atom is -0.481 e. The molecule has 1 aromatic heterocycles. The van der Waals surface area contributed by atoms with Crippen LogP contribution in [-0.4, -0.2) is 99.5 Å². The summed E-state index contributed by atoms with van der Waals surface area (Å²) in [6, 6.07) is 7.91. The molecule has 0 aliphatic carbocycles. The lowest BCUT2D eigenvalue weighted by Gasteiger charge is -2.25. The number of primary amides is 1. The monoisotopic (exact) mass is 694 g/mol. The zero-order valence-electron chi connectivity index (χ0n) is 27.5. The van der Waals surface area contributed by atoms with Crippen LogP contribution in [0.4, 0.5) is 0 Å². The summed E-state index contributed by atoms with van der Waals surface area (Å²) in [6.45, 7) is 1.81. The molecule has 12 N–H and O–H groups in total. The van der Waals surface area contributed by atoms with Gasteiger partial charge in [0.1, 0.15) is 30.2 Å². The molecule has 1 heterocycles. The summed E-state index contributed by atoms with van der Waals surface area (Å²) in [7, 11) is 0. The first kappa shape index (κ1) is 38.6. The fraction of sp³-hybridized carbons (Fsp3) is 0.364. The van der Waals surface area contributed by atoms with Crippen molar-refractivity contribution in [3.05, 3.63) is 71.9 Å². The average molecular weight is 695 g/mol. The third kappa shape index (κ3) is 11.1. The number of aliphatic carboxylic acids is 1. The molecule has 0 saturated heterocycles. The Morgan fingerprint density at radius 1 is 0.700 bits per heavy atom. The van der Waals surface area contributed by atoms with Crippen LogP contribution in [0.25, 0.3) is 10.9 Å². The SMILES string of the molecule is C[C@H](NC(=O)[C@H](Cc1c[nH]c2ccccc12)NC(=O)[C@H](C)NC(=O)[C@H](CO)NC(=O)[C@H](Cc1ccccc1)NC(=O)[C@@H](N)CC(=O)O)C(N)=O. The molecule has 6 amide bonds. The van der Waals surface area contributed by atoms with Crippen LogP contribution in [0.3, 0.4) is 0 Å². The first-order valence-electron chi connectivity index (χ1n) is 15.7. The van der Waals surface area contributed by atoms with Crippen molar-refractivity contribution in [1.82, 2.24) is 31.6 Å². The molecular weight excluding hydrogens is 652 g/mol. The Morgan fingerprint density at radius 3 is 1.88 bits per heavy atom. The second-order valence-corrected chi connectivity index (χ2v) is 11.7. The number of amides is 6. The van der Waals surface area contributed by atoms with Crippen LogP contribution in [0.15, 0.2) is 60.8 Å². The maximum atomic E-state index is 13.3. The van der Waals surface area contributed by atoms with Crippen molar-refractivity contribution in [1.29, 1.82) is 0 Å². The van der Waals surface area contributed by atoms with Gasteiger partial charge in [0, 0.05) is 29.9 Å².